The van der Waals surface area contributed by atoms with E-state index in [2.05, 4.69) is 42.3 Å². The molecule has 2 aliphatic rings. The largest absolute Gasteiger partial charge is 0.388 e. The van der Waals surface area contributed by atoms with Gasteiger partial charge in [-0.15, -0.1) is 0 Å². The van der Waals surface area contributed by atoms with Crippen LogP contribution in [0.15, 0.2) is 65.5 Å². The monoisotopic (exact) mass is 385 g/mol. The van der Waals surface area contributed by atoms with E-state index in [0.29, 0.717) is 13.1 Å². The van der Waals surface area contributed by atoms with Crippen LogP contribution in [0.2, 0.25) is 0 Å². The lowest BCUT2D eigenvalue weighted by Gasteiger charge is -2.19. The molecule has 4 heteroatoms. The van der Waals surface area contributed by atoms with Crippen LogP contribution in [0.3, 0.4) is 0 Å². The van der Waals surface area contributed by atoms with Crippen molar-refractivity contribution < 1.29 is 4.39 Å². The zero-order chi connectivity index (χ0) is 20.2. The molecule has 0 spiro atoms. The Labute approximate surface area is 170 Å². The number of rotatable bonds is 4. The van der Waals surface area contributed by atoms with Gasteiger partial charge in [-0.1, -0.05) is 42.5 Å². The van der Waals surface area contributed by atoms with E-state index in [0.717, 1.165) is 44.3 Å². The molecular weight excluding hydrogens is 349 g/mol. The average molecular weight is 386 g/mol. The fourth-order valence-corrected chi connectivity index (χ4v) is 3.63. The summed E-state index contributed by atoms with van der Waals surface area (Å²) in [6.07, 6.45) is 8.32. The molecular formula is C24H36FN3. The maximum Gasteiger partial charge on any atom is 0.0940 e. The number of fused-ring (bicyclic) bond motifs is 1. The maximum absolute atomic E-state index is 13.1. The Bertz CT molecular complexity index is 664. The molecule has 1 aliphatic carbocycles. The second-order valence-corrected chi connectivity index (χ2v) is 7.67. The number of hydrogen-bond acceptors (Lipinski definition) is 3. The fourth-order valence-electron chi connectivity index (χ4n) is 3.63. The van der Waals surface area contributed by atoms with Crippen LogP contribution >= 0.6 is 0 Å². The summed E-state index contributed by atoms with van der Waals surface area (Å²) >= 11 is 0. The summed E-state index contributed by atoms with van der Waals surface area (Å²) in [5.41, 5.74) is 12.0. The van der Waals surface area contributed by atoms with Crippen molar-refractivity contribution in [2.45, 2.75) is 45.4 Å². The molecule has 1 aromatic carbocycles. The normalized spacial score (nSPS) is 24.5. The average Bonchev–Trinajstić information content (AvgIpc) is 3.14. The number of halogens is 1. The third-order valence-electron chi connectivity index (χ3n) is 5.27. The van der Waals surface area contributed by atoms with Gasteiger partial charge in [0.25, 0.3) is 0 Å². The molecule has 0 saturated heterocycles. The molecule has 3 rings (SSSR count). The summed E-state index contributed by atoms with van der Waals surface area (Å²) in [5.74, 6) is 0.0572. The Morgan fingerprint density at radius 1 is 1.18 bits per heavy atom. The second-order valence-electron chi connectivity index (χ2n) is 7.67. The minimum absolute atomic E-state index is 0.0572. The van der Waals surface area contributed by atoms with Crippen molar-refractivity contribution in [1.29, 1.82) is 0 Å². The van der Waals surface area contributed by atoms with Crippen molar-refractivity contribution >= 4 is 0 Å². The van der Waals surface area contributed by atoms with Crippen molar-refractivity contribution in [1.82, 2.24) is 10.6 Å². The SMILES string of the molecule is C=C1/C=C2/CCC/C2=C(/CCCN)NCC(CF)CCN1.Cc1ccccc1. The maximum atomic E-state index is 13.1. The van der Waals surface area contributed by atoms with Crippen LogP contribution in [-0.2, 0) is 0 Å². The Morgan fingerprint density at radius 2 is 1.96 bits per heavy atom. The molecule has 1 unspecified atom stereocenters. The summed E-state index contributed by atoms with van der Waals surface area (Å²) in [4.78, 5) is 0. The Kier molecular flexibility index (Phi) is 9.84. The Morgan fingerprint density at radius 3 is 2.61 bits per heavy atom. The highest BCUT2D eigenvalue weighted by molar-refractivity contribution is 5.42. The van der Waals surface area contributed by atoms with Crippen LogP contribution in [0.5, 0.6) is 0 Å². The van der Waals surface area contributed by atoms with Crippen molar-refractivity contribution in [3.05, 3.63) is 71.1 Å². The molecule has 1 atom stereocenters. The van der Waals surface area contributed by atoms with E-state index in [-0.39, 0.29) is 12.6 Å². The summed E-state index contributed by atoms with van der Waals surface area (Å²) < 4.78 is 13.1. The van der Waals surface area contributed by atoms with Crippen molar-refractivity contribution in [3.8, 4) is 0 Å². The van der Waals surface area contributed by atoms with E-state index in [9.17, 15) is 4.39 Å². The lowest BCUT2D eigenvalue weighted by atomic mass is 10.0. The molecule has 3 nitrogen and oxygen atoms in total. The minimum Gasteiger partial charge on any atom is -0.388 e. The predicted octanol–water partition coefficient (Wildman–Crippen LogP) is 4.77. The standard InChI is InChI=1S/C17H28FN3.C7H8/c1-13-10-15-4-2-5-16(15)17(6-3-8-19)21-12-14(11-18)7-9-20-13;1-7-5-3-2-4-6-7/h10,14,20-21H,1-9,11-12,19H2;2-6H,1H3/b15-10-,17-16+;. The molecule has 154 valence electrons. The van der Waals surface area contributed by atoms with Gasteiger partial charge in [0.1, 0.15) is 0 Å². The first-order valence-electron chi connectivity index (χ1n) is 10.5. The van der Waals surface area contributed by atoms with Gasteiger partial charge in [0.15, 0.2) is 0 Å². The van der Waals surface area contributed by atoms with Gasteiger partial charge in [-0.3, -0.25) is 4.39 Å². The van der Waals surface area contributed by atoms with Gasteiger partial charge in [-0.2, -0.15) is 0 Å². The zero-order valence-electron chi connectivity index (χ0n) is 17.3. The van der Waals surface area contributed by atoms with Crippen LogP contribution in [-0.4, -0.2) is 26.3 Å². The Hall–Kier alpha value is -2.07. The van der Waals surface area contributed by atoms with Gasteiger partial charge >= 0.3 is 0 Å². The van der Waals surface area contributed by atoms with Crippen LogP contribution in [0.25, 0.3) is 0 Å². The van der Waals surface area contributed by atoms with Gasteiger partial charge in [0.2, 0.25) is 0 Å². The molecule has 0 bridgehead atoms. The predicted molar refractivity (Wildman–Crippen MR) is 118 cm³/mol. The first kappa shape index (κ1) is 22.2. The second kappa shape index (κ2) is 12.4. The molecule has 0 amide bonds. The summed E-state index contributed by atoms with van der Waals surface area (Å²) in [5, 5.41) is 6.83. The number of hydrogen-bond donors (Lipinski definition) is 3. The third kappa shape index (κ3) is 7.51. The van der Waals surface area contributed by atoms with Gasteiger partial charge < -0.3 is 16.4 Å². The topological polar surface area (TPSA) is 50.1 Å². The number of nitrogens with two attached hydrogens (primary N) is 1. The van der Waals surface area contributed by atoms with Crippen molar-refractivity contribution in [2.24, 2.45) is 11.7 Å². The van der Waals surface area contributed by atoms with E-state index >= 15 is 0 Å². The number of allylic oxidation sites excluding steroid dienone is 4. The highest BCUT2D eigenvalue weighted by Crippen LogP contribution is 2.34. The summed E-state index contributed by atoms with van der Waals surface area (Å²) in [7, 11) is 0. The summed E-state index contributed by atoms with van der Waals surface area (Å²) in [6.45, 7) is 8.07. The van der Waals surface area contributed by atoms with Gasteiger partial charge in [0, 0.05) is 30.4 Å². The lowest BCUT2D eigenvalue weighted by Crippen LogP contribution is -2.27. The minimum atomic E-state index is -0.277. The molecule has 1 aliphatic heterocycles. The van der Waals surface area contributed by atoms with E-state index in [1.54, 1.807) is 0 Å². The van der Waals surface area contributed by atoms with Gasteiger partial charge in [-0.25, -0.2) is 0 Å². The van der Waals surface area contributed by atoms with Gasteiger partial charge in [0.05, 0.1) is 6.67 Å². The molecule has 1 heterocycles. The zero-order valence-corrected chi connectivity index (χ0v) is 17.3. The third-order valence-corrected chi connectivity index (χ3v) is 5.27. The molecule has 4 N–H and O–H groups in total. The summed E-state index contributed by atoms with van der Waals surface area (Å²) in [6, 6.07) is 10.3. The van der Waals surface area contributed by atoms with Crippen molar-refractivity contribution in [3.63, 3.8) is 0 Å². The lowest BCUT2D eigenvalue weighted by molar-refractivity contribution is 0.335. The molecule has 0 radical (unpaired) electrons. The quantitative estimate of drug-likeness (QED) is 0.700. The van der Waals surface area contributed by atoms with E-state index < -0.39 is 0 Å². The number of benzene rings is 1. The highest BCUT2D eigenvalue weighted by atomic mass is 19.1. The van der Waals surface area contributed by atoms with Crippen LogP contribution in [0.4, 0.5) is 4.39 Å². The van der Waals surface area contributed by atoms with Crippen LogP contribution in [0.1, 0.15) is 44.1 Å². The van der Waals surface area contributed by atoms with Gasteiger partial charge in [-0.05, 0) is 69.2 Å². The molecule has 1 fully saturated rings. The molecule has 1 aromatic rings. The first-order valence-corrected chi connectivity index (χ1v) is 10.5. The molecule has 1 saturated carbocycles. The smallest absolute Gasteiger partial charge is 0.0940 e. The van der Waals surface area contributed by atoms with E-state index in [4.69, 9.17) is 5.73 Å². The molecule has 0 aromatic heterocycles. The Balaban J connectivity index is 0.000000336. The van der Waals surface area contributed by atoms with E-state index in [1.807, 2.05) is 18.2 Å². The highest BCUT2D eigenvalue weighted by Gasteiger charge is 2.20. The first-order chi connectivity index (χ1) is 13.6. The fraction of sp³-hybridized carbons (Fsp3) is 0.500. The van der Waals surface area contributed by atoms with E-state index in [1.165, 1.54) is 28.8 Å². The number of aryl methyl sites for hydroxylation is 1. The molecule has 28 heavy (non-hydrogen) atoms. The van der Waals surface area contributed by atoms with Crippen molar-refractivity contribution in [2.75, 3.05) is 26.3 Å². The number of alkyl halides is 1. The van der Waals surface area contributed by atoms with Crippen LogP contribution < -0.4 is 16.4 Å². The van der Waals surface area contributed by atoms with Crippen LogP contribution in [0, 0.1) is 12.8 Å². The number of nitrogens with one attached hydrogen (secondary N) is 2.